The summed E-state index contributed by atoms with van der Waals surface area (Å²) in [6, 6.07) is 7.70. The molecule has 0 aromatic heterocycles. The van der Waals surface area contributed by atoms with Gasteiger partial charge in [-0.25, -0.2) is 4.79 Å². The van der Waals surface area contributed by atoms with E-state index in [0.29, 0.717) is 0 Å². The lowest BCUT2D eigenvalue weighted by Crippen LogP contribution is -2.01. The maximum atomic E-state index is 10.5. The Bertz CT molecular complexity index is 394. The van der Waals surface area contributed by atoms with Gasteiger partial charge in [0, 0.05) is 5.57 Å². The first kappa shape index (κ1) is 14.6. The van der Waals surface area contributed by atoms with E-state index in [1.807, 2.05) is 0 Å². The molecule has 0 radical (unpaired) electrons. The number of hydrogen-bond donors (Lipinski definition) is 3. The van der Waals surface area contributed by atoms with E-state index in [1.54, 1.807) is 18.2 Å². The lowest BCUT2D eigenvalue weighted by atomic mass is 10.4. The fourth-order valence-electron chi connectivity index (χ4n) is 0.622. The third-order valence-corrected chi connectivity index (χ3v) is 2.43. The molecule has 3 N–H and O–H groups in total. The first-order valence-electron chi connectivity index (χ1n) is 4.25. The lowest BCUT2D eigenvalue weighted by Gasteiger charge is -2.00. The second-order valence-electron chi connectivity index (χ2n) is 2.97. The van der Waals surface area contributed by atoms with Gasteiger partial charge in [-0.05, 0) is 19.1 Å². The summed E-state index contributed by atoms with van der Waals surface area (Å²) in [6.07, 6.45) is 0. The molecule has 0 fully saturated rings. The Labute approximate surface area is 93.2 Å². The molecule has 1 rings (SSSR count). The van der Waals surface area contributed by atoms with Crippen molar-refractivity contribution in [2.75, 3.05) is 0 Å². The molecule has 5 nitrogen and oxygen atoms in total. The molecule has 0 aliphatic heterocycles. The van der Waals surface area contributed by atoms with Crippen LogP contribution in [0.15, 0.2) is 42.5 Å². The molecule has 0 bridgehead atoms. The Balaban J connectivity index is 0.000000325. The molecule has 16 heavy (non-hydrogen) atoms. The van der Waals surface area contributed by atoms with Crippen molar-refractivity contribution < 1.29 is 24.3 Å². The molecule has 0 atom stereocenters. The molecule has 0 aliphatic rings. The fourth-order valence-corrected chi connectivity index (χ4v) is 1.18. The highest BCUT2D eigenvalue weighted by atomic mass is 31.2. The van der Waals surface area contributed by atoms with Gasteiger partial charge in [-0.3, -0.25) is 4.57 Å². The summed E-state index contributed by atoms with van der Waals surface area (Å²) in [7, 11) is -4.02. The molecule has 1 aromatic carbocycles. The Morgan fingerprint density at radius 2 is 1.62 bits per heavy atom. The minimum atomic E-state index is -4.02. The summed E-state index contributed by atoms with van der Waals surface area (Å²) in [6.45, 7) is 4.60. The summed E-state index contributed by atoms with van der Waals surface area (Å²) in [5, 5.41) is 7.96. The van der Waals surface area contributed by atoms with Crippen LogP contribution < -0.4 is 5.30 Å². The average molecular weight is 244 g/mol. The van der Waals surface area contributed by atoms with Gasteiger partial charge in [0.1, 0.15) is 0 Å². The Kier molecular flexibility index (Phi) is 5.67. The van der Waals surface area contributed by atoms with Crippen LogP contribution in [0.3, 0.4) is 0 Å². The summed E-state index contributed by atoms with van der Waals surface area (Å²) in [5.41, 5.74) is 0.176. The summed E-state index contributed by atoms with van der Waals surface area (Å²) in [4.78, 5) is 26.8. The average Bonchev–Trinajstić information content (AvgIpc) is 2.18. The third-order valence-electron chi connectivity index (χ3n) is 1.46. The zero-order valence-corrected chi connectivity index (χ0v) is 9.59. The normalized spacial score (nSPS) is 9.94. The largest absolute Gasteiger partial charge is 0.478 e. The van der Waals surface area contributed by atoms with E-state index in [4.69, 9.17) is 14.9 Å². The highest BCUT2D eigenvalue weighted by molar-refractivity contribution is 7.60. The summed E-state index contributed by atoms with van der Waals surface area (Å²) >= 11 is 0. The van der Waals surface area contributed by atoms with Crippen molar-refractivity contribution in [3.05, 3.63) is 42.5 Å². The predicted octanol–water partition coefficient (Wildman–Crippen LogP) is 1.14. The smallest absolute Gasteiger partial charge is 0.356 e. The van der Waals surface area contributed by atoms with Crippen LogP contribution in [-0.2, 0) is 9.36 Å². The summed E-state index contributed by atoms with van der Waals surface area (Å²) < 4.78 is 10.5. The Morgan fingerprint density at radius 1 is 1.25 bits per heavy atom. The highest BCUT2D eigenvalue weighted by Crippen LogP contribution is 2.32. The van der Waals surface area contributed by atoms with Crippen LogP contribution in [-0.4, -0.2) is 20.9 Å². The minimum absolute atomic E-state index is 0.0648. The van der Waals surface area contributed by atoms with Crippen LogP contribution in [0.25, 0.3) is 0 Å². The van der Waals surface area contributed by atoms with E-state index >= 15 is 0 Å². The lowest BCUT2D eigenvalue weighted by molar-refractivity contribution is -0.132. The minimum Gasteiger partial charge on any atom is -0.478 e. The Morgan fingerprint density at radius 3 is 1.81 bits per heavy atom. The maximum Gasteiger partial charge on any atom is 0.356 e. The number of carbonyl (C=O) groups is 1. The quantitative estimate of drug-likeness (QED) is 0.535. The first-order chi connectivity index (χ1) is 7.25. The molecular formula is C10H13O5P. The van der Waals surface area contributed by atoms with Crippen LogP contribution in [0.5, 0.6) is 0 Å². The monoisotopic (exact) mass is 244 g/mol. The van der Waals surface area contributed by atoms with Crippen LogP contribution in [0.4, 0.5) is 0 Å². The summed E-state index contributed by atoms with van der Waals surface area (Å²) in [5.74, 6) is -0.935. The third kappa shape index (κ3) is 6.14. The fraction of sp³-hybridized carbons (Fsp3) is 0.100. The standard InChI is InChI=1S/C6H7O3P.C4H6O2/c7-10(8,9)6-4-2-1-3-5-6;1-3(2)4(5)6/h1-5H,(H2,7,8,9);1H2,2H3,(H,5,6). The zero-order chi connectivity index (χ0) is 12.8. The van der Waals surface area contributed by atoms with Gasteiger partial charge in [0.05, 0.1) is 5.30 Å². The van der Waals surface area contributed by atoms with Crippen molar-refractivity contribution in [1.29, 1.82) is 0 Å². The van der Waals surface area contributed by atoms with Crippen LogP contribution in [0.2, 0.25) is 0 Å². The Hall–Kier alpha value is -1.42. The van der Waals surface area contributed by atoms with Crippen molar-refractivity contribution in [3.63, 3.8) is 0 Å². The molecule has 0 unspecified atom stereocenters. The molecule has 0 aliphatic carbocycles. The molecule has 0 heterocycles. The van der Waals surface area contributed by atoms with Gasteiger partial charge < -0.3 is 14.9 Å². The van der Waals surface area contributed by atoms with Crippen LogP contribution in [0, 0.1) is 0 Å². The van der Waals surface area contributed by atoms with E-state index in [2.05, 4.69) is 6.58 Å². The predicted molar refractivity (Wildman–Crippen MR) is 60.6 cm³/mol. The van der Waals surface area contributed by atoms with Crippen molar-refractivity contribution in [2.24, 2.45) is 0 Å². The van der Waals surface area contributed by atoms with Gasteiger partial charge >= 0.3 is 13.6 Å². The second-order valence-corrected chi connectivity index (χ2v) is 4.57. The molecular weight excluding hydrogens is 231 g/mol. The number of carboxylic acids is 1. The molecule has 88 valence electrons. The number of hydrogen-bond acceptors (Lipinski definition) is 2. The maximum absolute atomic E-state index is 10.5. The van der Waals surface area contributed by atoms with Gasteiger partial charge in [0.25, 0.3) is 0 Å². The second kappa shape index (κ2) is 6.23. The van der Waals surface area contributed by atoms with Crippen molar-refractivity contribution in [2.45, 2.75) is 6.92 Å². The van der Waals surface area contributed by atoms with Gasteiger partial charge in [0.15, 0.2) is 0 Å². The van der Waals surface area contributed by atoms with Crippen molar-refractivity contribution in [1.82, 2.24) is 0 Å². The SMILES string of the molecule is C=C(C)C(=O)O.O=P(O)(O)c1ccccc1. The van der Waals surface area contributed by atoms with E-state index in [0.717, 1.165) is 0 Å². The van der Waals surface area contributed by atoms with Crippen molar-refractivity contribution >= 4 is 18.9 Å². The topological polar surface area (TPSA) is 94.8 Å². The van der Waals surface area contributed by atoms with E-state index in [1.165, 1.54) is 19.1 Å². The van der Waals surface area contributed by atoms with Gasteiger partial charge in [-0.1, -0.05) is 24.8 Å². The van der Waals surface area contributed by atoms with E-state index in [-0.39, 0.29) is 10.9 Å². The number of rotatable bonds is 2. The highest BCUT2D eigenvalue weighted by Gasteiger charge is 2.14. The number of aliphatic carboxylic acids is 1. The molecule has 6 heteroatoms. The zero-order valence-electron chi connectivity index (χ0n) is 8.70. The van der Waals surface area contributed by atoms with Crippen LogP contribution >= 0.6 is 7.60 Å². The van der Waals surface area contributed by atoms with Gasteiger partial charge in [0.2, 0.25) is 0 Å². The molecule has 1 aromatic rings. The van der Waals surface area contributed by atoms with Gasteiger partial charge in [-0.15, -0.1) is 0 Å². The first-order valence-corrected chi connectivity index (χ1v) is 5.86. The number of benzene rings is 1. The van der Waals surface area contributed by atoms with Gasteiger partial charge in [-0.2, -0.15) is 0 Å². The molecule has 0 saturated heterocycles. The molecule has 0 saturated carbocycles. The number of carboxylic acid groups (broad SMARTS) is 1. The molecule has 0 spiro atoms. The van der Waals surface area contributed by atoms with Crippen LogP contribution in [0.1, 0.15) is 6.92 Å². The van der Waals surface area contributed by atoms with E-state index in [9.17, 15) is 9.36 Å². The van der Waals surface area contributed by atoms with Crippen molar-refractivity contribution in [3.8, 4) is 0 Å². The van der Waals surface area contributed by atoms with E-state index < -0.39 is 13.6 Å². The molecule has 0 amide bonds.